The second-order valence-corrected chi connectivity index (χ2v) is 7.27. The molecule has 0 aromatic carbocycles. The van der Waals surface area contributed by atoms with Crippen LogP contribution in [0.2, 0.25) is 0 Å². The highest BCUT2D eigenvalue weighted by Gasteiger charge is 2.58. The normalized spacial score (nSPS) is 30.2. The van der Waals surface area contributed by atoms with Gasteiger partial charge in [0.2, 0.25) is 6.29 Å². The van der Waals surface area contributed by atoms with Crippen LogP contribution in [-0.4, -0.2) is 76.4 Å². The zero-order chi connectivity index (χ0) is 21.8. The minimum Gasteiger partial charge on any atom is -0.387 e. The van der Waals surface area contributed by atoms with Gasteiger partial charge in [0.15, 0.2) is 11.5 Å². The largest absolute Gasteiger partial charge is 0.434 e. The van der Waals surface area contributed by atoms with Gasteiger partial charge in [-0.25, -0.2) is 9.98 Å². The van der Waals surface area contributed by atoms with Crippen LogP contribution in [0, 0.1) is 0 Å². The van der Waals surface area contributed by atoms with E-state index in [0.717, 1.165) is 31.9 Å². The van der Waals surface area contributed by atoms with E-state index >= 15 is 0 Å². The maximum atomic E-state index is 12.8. The van der Waals surface area contributed by atoms with Crippen LogP contribution in [0.3, 0.4) is 0 Å². The van der Waals surface area contributed by atoms with Crippen molar-refractivity contribution in [3.8, 4) is 0 Å². The summed E-state index contributed by atoms with van der Waals surface area (Å²) >= 11 is 0. The molecule has 0 aliphatic carbocycles. The Balaban J connectivity index is 1.64. The molecule has 0 radical (unpaired) electrons. The summed E-state index contributed by atoms with van der Waals surface area (Å²) in [5.41, 5.74) is 2.76. The van der Waals surface area contributed by atoms with Crippen molar-refractivity contribution in [2.24, 2.45) is 10.7 Å². The van der Waals surface area contributed by atoms with Crippen molar-refractivity contribution in [3.05, 3.63) is 18.1 Å². The predicted molar refractivity (Wildman–Crippen MR) is 98.0 cm³/mol. The molecule has 168 valence electrons. The number of fused-ring (bicyclic) bond motifs is 2. The fourth-order valence-electron chi connectivity index (χ4n) is 3.29. The van der Waals surface area contributed by atoms with Gasteiger partial charge in [0, 0.05) is 6.61 Å². The molecule has 1 aromatic rings. The first-order valence-corrected chi connectivity index (χ1v) is 9.68. The fraction of sp³-hybridized carbons (Fsp3) is 0.722. The van der Waals surface area contributed by atoms with Crippen LogP contribution in [-0.2, 0) is 20.4 Å². The average Bonchev–Trinajstić information content (AvgIpc) is 3.11. The smallest absolute Gasteiger partial charge is 0.387 e. The van der Waals surface area contributed by atoms with Gasteiger partial charge < -0.3 is 30.2 Å². The highest BCUT2D eigenvalue weighted by Crippen LogP contribution is 2.37. The lowest BCUT2D eigenvalue weighted by Gasteiger charge is -2.39. The van der Waals surface area contributed by atoms with Gasteiger partial charge in [0.05, 0.1) is 25.6 Å². The molecule has 9 nitrogen and oxygen atoms in total. The molecule has 2 fully saturated rings. The van der Waals surface area contributed by atoms with Crippen molar-refractivity contribution >= 4 is 11.5 Å². The van der Waals surface area contributed by atoms with Crippen molar-refractivity contribution < 1.29 is 37.6 Å². The number of rotatable bonds is 9. The molecule has 1 aromatic heterocycles. The Morgan fingerprint density at radius 1 is 1.23 bits per heavy atom. The van der Waals surface area contributed by atoms with E-state index in [9.17, 15) is 23.4 Å². The number of aromatic nitrogens is 2. The third-order valence-corrected chi connectivity index (χ3v) is 4.95. The number of nitrogens with two attached hydrogens (primary N) is 1. The predicted octanol–water partition coefficient (Wildman–Crippen LogP) is 0.951. The Hall–Kier alpha value is -1.70. The number of aliphatic imine (C=N–C) groups is 1. The van der Waals surface area contributed by atoms with E-state index < -0.39 is 36.0 Å². The quantitative estimate of drug-likeness (QED) is 0.490. The standard InChI is InChI=1S/C18H25F3N4O5/c19-18(20,21)11-7-23-8-12(24-11)25-13-14(26)15(27)17(10-29-16(13)30-17)9-28-6-4-2-1-3-5-22/h7-8,14-16,26-27H,1-6,9-10,22H2/t14-,15-,16+,17+/m1/s1. The summed E-state index contributed by atoms with van der Waals surface area (Å²) in [6.45, 7) is 1.03. The Bertz CT molecular complexity index is 751. The summed E-state index contributed by atoms with van der Waals surface area (Å²) in [5, 5.41) is 21.1. The molecule has 0 amide bonds. The average molecular weight is 434 g/mol. The van der Waals surface area contributed by atoms with E-state index in [0.29, 0.717) is 19.3 Å². The van der Waals surface area contributed by atoms with Crippen LogP contribution in [0.1, 0.15) is 31.4 Å². The van der Waals surface area contributed by atoms with Crippen LogP contribution < -0.4 is 5.73 Å². The first kappa shape index (κ1) is 23.0. The zero-order valence-electron chi connectivity index (χ0n) is 16.2. The van der Waals surface area contributed by atoms with Crippen LogP contribution in [0.15, 0.2) is 17.4 Å². The van der Waals surface area contributed by atoms with Gasteiger partial charge in [-0.05, 0) is 19.4 Å². The number of ether oxygens (including phenoxy) is 3. The molecule has 2 aliphatic rings. The molecule has 0 saturated carbocycles. The number of hydrogen-bond donors (Lipinski definition) is 3. The molecule has 4 atom stereocenters. The van der Waals surface area contributed by atoms with Gasteiger partial charge in [-0.1, -0.05) is 12.8 Å². The van der Waals surface area contributed by atoms with Crippen molar-refractivity contribution in [1.82, 2.24) is 9.97 Å². The van der Waals surface area contributed by atoms with Gasteiger partial charge in [0.25, 0.3) is 0 Å². The lowest BCUT2D eigenvalue weighted by Crippen LogP contribution is -2.61. The Labute approximate surface area is 171 Å². The Morgan fingerprint density at radius 2 is 2.00 bits per heavy atom. The maximum absolute atomic E-state index is 12.8. The topological polar surface area (TPSA) is 132 Å². The molecular formula is C18H25F3N4O5. The Morgan fingerprint density at radius 3 is 2.73 bits per heavy atom. The molecule has 30 heavy (non-hydrogen) atoms. The van der Waals surface area contributed by atoms with Crippen molar-refractivity contribution in [2.75, 3.05) is 26.4 Å². The first-order chi connectivity index (χ1) is 14.3. The van der Waals surface area contributed by atoms with Crippen molar-refractivity contribution in [3.63, 3.8) is 0 Å². The number of unbranched alkanes of at least 4 members (excludes halogenated alkanes) is 3. The van der Waals surface area contributed by atoms with E-state index in [2.05, 4.69) is 15.0 Å². The maximum Gasteiger partial charge on any atom is 0.434 e. The van der Waals surface area contributed by atoms with Crippen molar-refractivity contribution in [1.29, 1.82) is 0 Å². The summed E-state index contributed by atoms with van der Waals surface area (Å²) in [4.78, 5) is 10.8. The van der Waals surface area contributed by atoms with Gasteiger partial charge >= 0.3 is 6.18 Å². The fourth-order valence-corrected chi connectivity index (χ4v) is 3.29. The molecule has 0 unspecified atom stereocenters. The molecular weight excluding hydrogens is 409 g/mol. The third-order valence-electron chi connectivity index (χ3n) is 4.95. The molecule has 3 rings (SSSR count). The van der Waals surface area contributed by atoms with Gasteiger partial charge in [-0.2, -0.15) is 13.2 Å². The van der Waals surface area contributed by atoms with Gasteiger partial charge in [-0.15, -0.1) is 0 Å². The van der Waals surface area contributed by atoms with Gasteiger partial charge in [0.1, 0.15) is 23.5 Å². The summed E-state index contributed by atoms with van der Waals surface area (Å²) in [6, 6.07) is 0. The monoisotopic (exact) mass is 434 g/mol. The molecule has 3 heterocycles. The van der Waals surface area contributed by atoms with Crippen LogP contribution in [0.25, 0.3) is 0 Å². The summed E-state index contributed by atoms with van der Waals surface area (Å²) in [5.74, 6) is -0.383. The van der Waals surface area contributed by atoms with E-state index in [-0.39, 0.29) is 24.7 Å². The summed E-state index contributed by atoms with van der Waals surface area (Å²) in [6.07, 6.45) is -3.47. The summed E-state index contributed by atoms with van der Waals surface area (Å²) in [7, 11) is 0. The van der Waals surface area contributed by atoms with Crippen LogP contribution >= 0.6 is 0 Å². The molecule has 2 aliphatic heterocycles. The van der Waals surface area contributed by atoms with E-state index in [1.54, 1.807) is 0 Å². The number of nitrogens with zero attached hydrogens (tertiary/aromatic N) is 3. The molecule has 12 heteroatoms. The SMILES string of the molecule is NCCCCCCOC[C@@]12CO[C@@H](O1)C(=Nc1cncc(C(F)(F)F)n1)[C@@H](O)[C@H]2O. The molecule has 4 N–H and O–H groups in total. The lowest BCUT2D eigenvalue weighted by atomic mass is 9.90. The minimum absolute atomic E-state index is 0.00470. The molecule has 2 bridgehead atoms. The minimum atomic E-state index is -4.69. The lowest BCUT2D eigenvalue weighted by molar-refractivity contribution is -0.176. The van der Waals surface area contributed by atoms with E-state index in [1.165, 1.54) is 0 Å². The van der Waals surface area contributed by atoms with Crippen molar-refractivity contribution in [2.45, 2.75) is 56.0 Å². The second kappa shape index (κ2) is 9.62. The zero-order valence-corrected chi connectivity index (χ0v) is 16.2. The van der Waals surface area contributed by atoms with Crippen LogP contribution in [0.5, 0.6) is 0 Å². The third kappa shape index (κ3) is 5.13. The number of alkyl halides is 3. The number of halogens is 3. The van der Waals surface area contributed by atoms with E-state index in [1.807, 2.05) is 0 Å². The second-order valence-electron chi connectivity index (χ2n) is 7.27. The highest BCUT2D eigenvalue weighted by atomic mass is 19.4. The molecule has 2 saturated heterocycles. The molecule has 0 spiro atoms. The number of hydrogen-bond acceptors (Lipinski definition) is 9. The first-order valence-electron chi connectivity index (χ1n) is 9.68. The summed E-state index contributed by atoms with van der Waals surface area (Å²) < 4.78 is 55.2. The number of aliphatic hydroxyl groups is 2. The number of aliphatic hydroxyl groups excluding tert-OH is 2. The Kier molecular flexibility index (Phi) is 7.37. The van der Waals surface area contributed by atoms with Gasteiger partial charge in [-0.3, -0.25) is 4.98 Å². The van der Waals surface area contributed by atoms with E-state index in [4.69, 9.17) is 19.9 Å². The van der Waals surface area contributed by atoms with Crippen LogP contribution in [0.4, 0.5) is 19.0 Å². The highest BCUT2D eigenvalue weighted by molar-refractivity contribution is 5.95.